The second kappa shape index (κ2) is 8.67. The first kappa shape index (κ1) is 21.9. The Bertz CT molecular complexity index is 1430. The Hall–Kier alpha value is -4.31. The molecule has 2 aromatic heterocycles. The maximum absolute atomic E-state index is 12.5. The van der Waals surface area contributed by atoms with Gasteiger partial charge in [-0.25, -0.2) is 5.43 Å². The van der Waals surface area contributed by atoms with E-state index in [1.165, 1.54) is 23.5 Å². The van der Waals surface area contributed by atoms with Crippen molar-refractivity contribution in [3.63, 3.8) is 0 Å². The zero-order valence-corrected chi connectivity index (χ0v) is 18.6. The molecule has 166 valence electrons. The molecule has 2 heterocycles. The molecular weight excluding hydrogens is 442 g/mol. The van der Waals surface area contributed by atoms with Crippen molar-refractivity contribution in [1.82, 2.24) is 9.99 Å². The predicted molar refractivity (Wildman–Crippen MR) is 127 cm³/mol. The van der Waals surface area contributed by atoms with Gasteiger partial charge in [0.15, 0.2) is 0 Å². The van der Waals surface area contributed by atoms with Crippen LogP contribution in [0.4, 0.5) is 5.69 Å². The standard InChI is InChI=1S/C23H19N5O4S/c1-13-9-17(14(2)27(13)18-5-3-15(4-6-18)22(24)29)12-25-26-23(30)21-11-16-10-19(28(31)32)7-8-20(16)33-21/h3-12H,1-2H3,(H2,24,29)(H,26,30). The van der Waals surface area contributed by atoms with Crippen LogP contribution >= 0.6 is 11.3 Å². The summed E-state index contributed by atoms with van der Waals surface area (Å²) in [6, 6.07) is 15.0. The van der Waals surface area contributed by atoms with Crippen LogP contribution in [0.1, 0.15) is 37.0 Å². The van der Waals surface area contributed by atoms with Crippen LogP contribution in [0.15, 0.2) is 59.7 Å². The number of nitro benzene ring substituents is 1. The first-order valence-electron chi connectivity index (χ1n) is 9.85. The predicted octanol–water partition coefficient (Wildman–Crippen LogP) is 4.08. The van der Waals surface area contributed by atoms with Crippen molar-refractivity contribution in [2.75, 3.05) is 0 Å². The molecule has 0 saturated carbocycles. The monoisotopic (exact) mass is 461 g/mol. The van der Waals surface area contributed by atoms with E-state index in [0.717, 1.165) is 27.3 Å². The summed E-state index contributed by atoms with van der Waals surface area (Å²) in [4.78, 5) is 34.7. The highest BCUT2D eigenvalue weighted by Gasteiger charge is 2.14. The fourth-order valence-electron chi connectivity index (χ4n) is 3.56. The molecule has 2 aromatic carbocycles. The lowest BCUT2D eigenvalue weighted by atomic mass is 10.2. The summed E-state index contributed by atoms with van der Waals surface area (Å²) in [5, 5.41) is 15.7. The van der Waals surface area contributed by atoms with Crippen LogP contribution in [-0.2, 0) is 0 Å². The highest BCUT2D eigenvalue weighted by molar-refractivity contribution is 7.20. The number of hydrogen-bond acceptors (Lipinski definition) is 6. The number of hydrazone groups is 1. The Kier molecular flexibility index (Phi) is 5.76. The lowest BCUT2D eigenvalue weighted by molar-refractivity contribution is -0.384. The minimum atomic E-state index is -0.483. The van der Waals surface area contributed by atoms with Crippen LogP contribution < -0.4 is 11.2 Å². The van der Waals surface area contributed by atoms with Gasteiger partial charge in [-0.05, 0) is 56.3 Å². The van der Waals surface area contributed by atoms with Crippen LogP contribution in [0.25, 0.3) is 15.8 Å². The molecule has 4 aromatic rings. The summed E-state index contributed by atoms with van der Waals surface area (Å²) in [6.45, 7) is 3.87. The molecule has 0 atom stereocenters. The summed E-state index contributed by atoms with van der Waals surface area (Å²) in [7, 11) is 0. The van der Waals surface area contributed by atoms with Gasteiger partial charge in [-0.15, -0.1) is 11.3 Å². The van der Waals surface area contributed by atoms with Gasteiger partial charge in [0.05, 0.1) is 16.0 Å². The van der Waals surface area contributed by atoms with Gasteiger partial charge in [0.25, 0.3) is 11.6 Å². The Labute approximate surface area is 192 Å². The Morgan fingerprint density at radius 3 is 2.52 bits per heavy atom. The smallest absolute Gasteiger partial charge is 0.281 e. The SMILES string of the molecule is Cc1cc(C=NNC(=O)c2cc3cc([N+](=O)[O-])ccc3s2)c(C)n1-c1ccc(C(N)=O)cc1. The molecule has 0 spiro atoms. The Morgan fingerprint density at radius 1 is 1.12 bits per heavy atom. The Balaban J connectivity index is 1.51. The minimum Gasteiger partial charge on any atom is -0.366 e. The second-order valence-corrected chi connectivity index (χ2v) is 8.45. The molecule has 9 nitrogen and oxygen atoms in total. The topological polar surface area (TPSA) is 133 Å². The van der Waals surface area contributed by atoms with E-state index in [1.54, 1.807) is 30.5 Å². The van der Waals surface area contributed by atoms with E-state index in [-0.39, 0.29) is 5.69 Å². The maximum Gasteiger partial charge on any atom is 0.281 e. The quantitative estimate of drug-likeness (QED) is 0.254. The van der Waals surface area contributed by atoms with Gasteiger partial charge in [0.2, 0.25) is 5.91 Å². The molecule has 0 radical (unpaired) electrons. The lowest BCUT2D eigenvalue weighted by Gasteiger charge is -2.10. The fourth-order valence-corrected chi connectivity index (χ4v) is 4.50. The van der Waals surface area contributed by atoms with E-state index in [0.29, 0.717) is 15.8 Å². The van der Waals surface area contributed by atoms with Crippen molar-refractivity contribution in [2.24, 2.45) is 10.8 Å². The number of nitrogens with one attached hydrogen (secondary N) is 1. The number of nitro groups is 1. The number of primary amides is 1. The Morgan fingerprint density at radius 2 is 1.85 bits per heavy atom. The molecule has 10 heteroatoms. The third-order valence-corrected chi connectivity index (χ3v) is 6.30. The van der Waals surface area contributed by atoms with Gasteiger partial charge >= 0.3 is 0 Å². The molecule has 3 N–H and O–H groups in total. The zero-order chi connectivity index (χ0) is 23.7. The van der Waals surface area contributed by atoms with Gasteiger partial charge in [0.1, 0.15) is 0 Å². The van der Waals surface area contributed by atoms with Gasteiger partial charge in [-0.3, -0.25) is 19.7 Å². The summed E-state index contributed by atoms with van der Waals surface area (Å²) < 4.78 is 2.79. The normalized spacial score (nSPS) is 11.2. The zero-order valence-electron chi connectivity index (χ0n) is 17.7. The number of fused-ring (bicyclic) bond motifs is 1. The number of non-ortho nitro benzene ring substituents is 1. The van der Waals surface area contributed by atoms with Crippen molar-refractivity contribution in [2.45, 2.75) is 13.8 Å². The number of benzene rings is 2. The third kappa shape index (κ3) is 4.37. The number of thiophene rings is 1. The summed E-state index contributed by atoms with van der Waals surface area (Å²) in [5.41, 5.74) is 11.8. The van der Waals surface area contributed by atoms with Crippen molar-refractivity contribution < 1.29 is 14.5 Å². The number of aryl methyl sites for hydroxylation is 1. The number of aromatic nitrogens is 1. The van der Waals surface area contributed by atoms with Crippen LogP contribution in [0.2, 0.25) is 0 Å². The molecule has 2 amide bonds. The number of rotatable bonds is 6. The van der Waals surface area contributed by atoms with Crippen molar-refractivity contribution in [3.05, 3.63) is 92.1 Å². The number of nitrogens with two attached hydrogens (primary N) is 1. The van der Waals surface area contributed by atoms with Crippen LogP contribution in [0, 0.1) is 24.0 Å². The molecule has 33 heavy (non-hydrogen) atoms. The molecule has 0 fully saturated rings. The molecule has 0 saturated heterocycles. The number of carbonyl (C=O) groups is 2. The van der Waals surface area contributed by atoms with E-state index in [1.807, 2.05) is 36.6 Å². The summed E-state index contributed by atoms with van der Waals surface area (Å²) in [6.07, 6.45) is 1.56. The minimum absolute atomic E-state index is 0.0232. The fraction of sp³-hybridized carbons (Fsp3) is 0.0870. The largest absolute Gasteiger partial charge is 0.366 e. The first-order valence-corrected chi connectivity index (χ1v) is 10.7. The van der Waals surface area contributed by atoms with E-state index in [2.05, 4.69) is 10.5 Å². The molecule has 0 unspecified atom stereocenters. The van der Waals surface area contributed by atoms with Crippen LogP contribution in [-0.4, -0.2) is 27.5 Å². The maximum atomic E-state index is 12.5. The molecule has 0 aliphatic heterocycles. The molecular formula is C23H19N5O4S. The van der Waals surface area contributed by atoms with Gasteiger partial charge in [-0.1, -0.05) is 0 Å². The summed E-state index contributed by atoms with van der Waals surface area (Å²) >= 11 is 1.24. The first-order chi connectivity index (χ1) is 15.7. The van der Waals surface area contributed by atoms with Gasteiger partial charge < -0.3 is 10.3 Å². The molecule has 0 bridgehead atoms. The molecule has 4 rings (SSSR count). The third-order valence-electron chi connectivity index (χ3n) is 5.18. The summed E-state index contributed by atoms with van der Waals surface area (Å²) in [5.74, 6) is -0.881. The van der Waals surface area contributed by atoms with E-state index in [9.17, 15) is 19.7 Å². The average molecular weight is 462 g/mol. The van der Waals surface area contributed by atoms with Gasteiger partial charge in [0, 0.05) is 50.4 Å². The molecule has 0 aliphatic carbocycles. The highest BCUT2D eigenvalue weighted by Crippen LogP contribution is 2.29. The van der Waals surface area contributed by atoms with Crippen LogP contribution in [0.3, 0.4) is 0 Å². The van der Waals surface area contributed by atoms with Crippen LogP contribution in [0.5, 0.6) is 0 Å². The number of carbonyl (C=O) groups excluding carboxylic acids is 2. The van der Waals surface area contributed by atoms with Crippen molar-refractivity contribution in [3.8, 4) is 5.69 Å². The number of amides is 2. The number of nitrogens with zero attached hydrogens (tertiary/aromatic N) is 3. The average Bonchev–Trinajstić information content (AvgIpc) is 3.33. The molecule has 0 aliphatic rings. The van der Waals surface area contributed by atoms with E-state index < -0.39 is 16.7 Å². The van der Waals surface area contributed by atoms with E-state index >= 15 is 0 Å². The second-order valence-electron chi connectivity index (χ2n) is 7.36. The van der Waals surface area contributed by atoms with Crippen molar-refractivity contribution in [1.29, 1.82) is 0 Å². The number of hydrogen-bond donors (Lipinski definition) is 2. The van der Waals surface area contributed by atoms with Gasteiger partial charge in [-0.2, -0.15) is 5.10 Å². The van der Waals surface area contributed by atoms with Crippen molar-refractivity contribution >= 4 is 45.1 Å². The highest BCUT2D eigenvalue weighted by atomic mass is 32.1. The van der Waals surface area contributed by atoms with E-state index in [4.69, 9.17) is 5.73 Å². The lowest BCUT2D eigenvalue weighted by Crippen LogP contribution is -2.16.